The van der Waals surface area contributed by atoms with E-state index >= 15 is 0 Å². The molecule has 0 atom stereocenters. The van der Waals surface area contributed by atoms with E-state index in [2.05, 4.69) is 27.6 Å². The summed E-state index contributed by atoms with van der Waals surface area (Å²) in [6.45, 7) is 2.83. The molecule has 4 rings (SSSR count). The number of aromatic nitrogens is 3. The fourth-order valence-electron chi connectivity index (χ4n) is 3.56. The van der Waals surface area contributed by atoms with Gasteiger partial charge in [0.05, 0.1) is 12.3 Å². The predicted octanol–water partition coefficient (Wildman–Crippen LogP) is 3.94. The zero-order chi connectivity index (χ0) is 19.3. The normalized spacial score (nSPS) is 19.5. The zero-order valence-corrected chi connectivity index (χ0v) is 16.3. The number of hydrogen-bond acceptors (Lipinski definition) is 6. The Morgan fingerprint density at radius 2 is 1.96 bits per heavy atom. The van der Waals surface area contributed by atoms with Crippen molar-refractivity contribution in [2.24, 2.45) is 5.73 Å². The van der Waals surface area contributed by atoms with Gasteiger partial charge in [0.15, 0.2) is 5.65 Å². The molecule has 1 fully saturated rings. The molecular weight excluding hydrogens is 352 g/mol. The van der Waals surface area contributed by atoms with Crippen molar-refractivity contribution in [2.45, 2.75) is 51.1 Å². The van der Waals surface area contributed by atoms with Crippen LogP contribution in [0.1, 0.15) is 39.0 Å². The van der Waals surface area contributed by atoms with Gasteiger partial charge in [0.25, 0.3) is 0 Å². The quantitative estimate of drug-likeness (QED) is 0.575. The summed E-state index contributed by atoms with van der Waals surface area (Å²) < 4.78 is 7.46. The maximum atomic E-state index is 6.02. The molecule has 2 heterocycles. The van der Waals surface area contributed by atoms with Gasteiger partial charge in [-0.25, -0.2) is 9.50 Å². The van der Waals surface area contributed by atoms with Crippen molar-refractivity contribution in [1.29, 1.82) is 0 Å². The molecule has 7 nitrogen and oxygen atoms in total. The van der Waals surface area contributed by atoms with Crippen LogP contribution in [0.15, 0.2) is 42.7 Å². The first kappa shape index (κ1) is 18.6. The first-order chi connectivity index (χ1) is 13.7. The van der Waals surface area contributed by atoms with E-state index in [1.54, 1.807) is 10.7 Å². The third-order valence-electron chi connectivity index (χ3n) is 5.09. The summed E-state index contributed by atoms with van der Waals surface area (Å²) in [5.41, 5.74) is 8.71. The number of nitrogens with one attached hydrogen (secondary N) is 2. The van der Waals surface area contributed by atoms with E-state index in [1.807, 2.05) is 36.5 Å². The van der Waals surface area contributed by atoms with Gasteiger partial charge < -0.3 is 21.1 Å². The van der Waals surface area contributed by atoms with Gasteiger partial charge in [-0.3, -0.25) is 0 Å². The van der Waals surface area contributed by atoms with Crippen LogP contribution in [-0.4, -0.2) is 33.3 Å². The lowest BCUT2D eigenvalue weighted by Crippen LogP contribution is -2.33. The molecule has 0 bridgehead atoms. The Morgan fingerprint density at radius 1 is 1.18 bits per heavy atom. The van der Waals surface area contributed by atoms with Crippen molar-refractivity contribution >= 4 is 22.8 Å². The number of hydrogen-bond donors (Lipinski definition) is 3. The summed E-state index contributed by atoms with van der Waals surface area (Å²) in [5.74, 6) is 1.72. The van der Waals surface area contributed by atoms with E-state index in [0.717, 1.165) is 67.3 Å². The summed E-state index contributed by atoms with van der Waals surface area (Å²) in [7, 11) is 0. The molecule has 0 radical (unpaired) electrons. The standard InChI is InChI=1S/C21H28N6O/c1-2-13-28-18-9-7-16(8-10-18)24-19-14-20(26-27-12-11-23-21(19)27)25-17-5-3-15(22)4-6-17/h7-12,14-15,17,24H,2-6,13,22H2,1H3,(H,25,26). The molecule has 1 aromatic carbocycles. The molecule has 0 spiro atoms. The fourth-order valence-corrected chi connectivity index (χ4v) is 3.56. The second-order valence-electron chi connectivity index (χ2n) is 7.39. The Bertz CT molecular complexity index is 899. The Hall–Kier alpha value is -2.80. The molecule has 28 heavy (non-hydrogen) atoms. The maximum Gasteiger partial charge on any atom is 0.177 e. The second kappa shape index (κ2) is 8.48. The third kappa shape index (κ3) is 4.36. The van der Waals surface area contributed by atoms with Crippen molar-refractivity contribution in [3.05, 3.63) is 42.7 Å². The fraction of sp³-hybridized carbons (Fsp3) is 0.429. The average molecular weight is 380 g/mol. The largest absolute Gasteiger partial charge is 0.494 e. The molecule has 1 aliphatic carbocycles. The first-order valence-corrected chi connectivity index (χ1v) is 10.1. The third-order valence-corrected chi connectivity index (χ3v) is 5.09. The van der Waals surface area contributed by atoms with Gasteiger partial charge in [-0.1, -0.05) is 6.92 Å². The molecule has 2 aromatic heterocycles. The van der Waals surface area contributed by atoms with E-state index in [-0.39, 0.29) is 0 Å². The summed E-state index contributed by atoms with van der Waals surface area (Å²) in [4.78, 5) is 4.44. The molecule has 4 N–H and O–H groups in total. The van der Waals surface area contributed by atoms with Crippen molar-refractivity contribution in [3.63, 3.8) is 0 Å². The van der Waals surface area contributed by atoms with Crippen LogP contribution in [0.4, 0.5) is 17.2 Å². The lowest BCUT2D eigenvalue weighted by atomic mass is 9.92. The van der Waals surface area contributed by atoms with E-state index < -0.39 is 0 Å². The lowest BCUT2D eigenvalue weighted by molar-refractivity contribution is 0.317. The summed E-state index contributed by atoms with van der Waals surface area (Å²) in [5, 5.41) is 11.7. The lowest BCUT2D eigenvalue weighted by Gasteiger charge is -2.27. The summed E-state index contributed by atoms with van der Waals surface area (Å²) in [6.07, 6.45) is 8.89. The highest BCUT2D eigenvalue weighted by atomic mass is 16.5. The Morgan fingerprint density at radius 3 is 2.71 bits per heavy atom. The van der Waals surface area contributed by atoms with Gasteiger partial charge in [-0.05, 0) is 56.4 Å². The topological polar surface area (TPSA) is 89.5 Å². The molecule has 1 aliphatic rings. The summed E-state index contributed by atoms with van der Waals surface area (Å²) >= 11 is 0. The number of rotatable bonds is 7. The molecule has 0 unspecified atom stereocenters. The Balaban J connectivity index is 1.52. The highest BCUT2D eigenvalue weighted by molar-refractivity contribution is 5.75. The Labute approximate surface area is 165 Å². The van der Waals surface area contributed by atoms with Crippen LogP contribution in [-0.2, 0) is 0 Å². The van der Waals surface area contributed by atoms with Crippen LogP contribution in [0, 0.1) is 0 Å². The zero-order valence-electron chi connectivity index (χ0n) is 16.3. The van der Waals surface area contributed by atoms with Gasteiger partial charge in [-0.15, -0.1) is 5.10 Å². The van der Waals surface area contributed by atoms with Crippen LogP contribution < -0.4 is 21.1 Å². The van der Waals surface area contributed by atoms with Crippen molar-refractivity contribution in [1.82, 2.24) is 14.6 Å². The SMILES string of the molecule is CCCOc1ccc(Nc2cc(NC3CCC(N)CC3)nn3ccnc23)cc1. The van der Waals surface area contributed by atoms with Crippen LogP contribution in [0.25, 0.3) is 5.65 Å². The number of nitrogens with zero attached hydrogens (tertiary/aromatic N) is 3. The van der Waals surface area contributed by atoms with Crippen LogP contribution >= 0.6 is 0 Å². The molecule has 7 heteroatoms. The van der Waals surface area contributed by atoms with Crippen molar-refractivity contribution < 1.29 is 4.74 Å². The van der Waals surface area contributed by atoms with Crippen molar-refractivity contribution in [2.75, 3.05) is 17.2 Å². The first-order valence-electron chi connectivity index (χ1n) is 10.1. The number of fused-ring (bicyclic) bond motifs is 1. The highest BCUT2D eigenvalue weighted by Crippen LogP contribution is 2.26. The highest BCUT2D eigenvalue weighted by Gasteiger charge is 2.19. The molecule has 3 aromatic rings. The van der Waals surface area contributed by atoms with E-state index in [9.17, 15) is 0 Å². The van der Waals surface area contributed by atoms with Gasteiger partial charge in [0.2, 0.25) is 0 Å². The van der Waals surface area contributed by atoms with Crippen LogP contribution in [0.2, 0.25) is 0 Å². The number of benzene rings is 1. The van der Waals surface area contributed by atoms with E-state index in [0.29, 0.717) is 12.1 Å². The van der Waals surface area contributed by atoms with E-state index in [4.69, 9.17) is 10.5 Å². The molecule has 0 amide bonds. The second-order valence-corrected chi connectivity index (χ2v) is 7.39. The molecule has 148 valence electrons. The van der Waals surface area contributed by atoms with E-state index in [1.165, 1.54) is 0 Å². The monoisotopic (exact) mass is 380 g/mol. The predicted molar refractivity (Wildman–Crippen MR) is 112 cm³/mol. The average Bonchev–Trinajstić information content (AvgIpc) is 3.18. The van der Waals surface area contributed by atoms with Crippen molar-refractivity contribution in [3.8, 4) is 5.75 Å². The van der Waals surface area contributed by atoms with Gasteiger partial charge in [-0.2, -0.15) is 0 Å². The molecule has 0 saturated heterocycles. The smallest absolute Gasteiger partial charge is 0.177 e. The minimum atomic E-state index is 0.337. The maximum absolute atomic E-state index is 6.02. The number of imidazole rings is 1. The molecule has 0 aliphatic heterocycles. The van der Waals surface area contributed by atoms with Gasteiger partial charge in [0.1, 0.15) is 11.6 Å². The molecule has 1 saturated carbocycles. The van der Waals surface area contributed by atoms with Crippen LogP contribution in [0.5, 0.6) is 5.75 Å². The minimum absolute atomic E-state index is 0.337. The Kier molecular flexibility index (Phi) is 5.62. The minimum Gasteiger partial charge on any atom is -0.494 e. The number of anilines is 3. The summed E-state index contributed by atoms with van der Waals surface area (Å²) in [6, 6.07) is 10.8. The number of ether oxygens (including phenoxy) is 1. The number of nitrogens with two attached hydrogens (primary N) is 1. The van der Waals surface area contributed by atoms with Gasteiger partial charge in [0, 0.05) is 36.2 Å². The van der Waals surface area contributed by atoms with Gasteiger partial charge >= 0.3 is 0 Å². The van der Waals surface area contributed by atoms with Crippen LogP contribution in [0.3, 0.4) is 0 Å². The molecular formula is C21H28N6O.